The minimum atomic E-state index is -0.317. The van der Waals surface area contributed by atoms with E-state index in [1.807, 2.05) is 18.3 Å². The summed E-state index contributed by atoms with van der Waals surface area (Å²) < 4.78 is 13.6. The second-order valence-corrected chi connectivity index (χ2v) is 5.44. The molecule has 3 heteroatoms. The van der Waals surface area contributed by atoms with Gasteiger partial charge in [-0.15, -0.1) is 0 Å². The van der Waals surface area contributed by atoms with Crippen molar-refractivity contribution in [1.29, 1.82) is 0 Å². The highest BCUT2D eigenvalue weighted by atomic mass is 19.1. The summed E-state index contributed by atoms with van der Waals surface area (Å²) in [6, 6.07) is 9.78. The lowest BCUT2D eigenvalue weighted by molar-refractivity contribution is 0.624. The van der Waals surface area contributed by atoms with Gasteiger partial charge in [-0.1, -0.05) is 42.5 Å². The number of rotatable bonds is 2. The molecule has 0 fully saturated rings. The molecule has 0 bridgehead atoms. The number of benzene rings is 1. The first-order chi connectivity index (χ1) is 10.8. The molecule has 0 radical (unpaired) electrons. The first-order valence-electron chi connectivity index (χ1n) is 7.42. The molecule has 3 aromatic rings. The summed E-state index contributed by atoms with van der Waals surface area (Å²) in [6.07, 6.45) is 11.9. The zero-order valence-corrected chi connectivity index (χ0v) is 12.0. The number of nitrogens with zero attached hydrogens (tertiary/aromatic N) is 1. The van der Waals surface area contributed by atoms with Gasteiger partial charge < -0.3 is 4.98 Å². The Morgan fingerprint density at radius 3 is 2.73 bits per heavy atom. The fourth-order valence-electron chi connectivity index (χ4n) is 2.98. The van der Waals surface area contributed by atoms with Crippen LogP contribution < -0.4 is 0 Å². The van der Waals surface area contributed by atoms with Gasteiger partial charge in [-0.25, -0.2) is 9.37 Å². The van der Waals surface area contributed by atoms with Gasteiger partial charge in [0.05, 0.1) is 6.20 Å². The van der Waals surface area contributed by atoms with E-state index in [4.69, 9.17) is 0 Å². The number of pyridine rings is 1. The van der Waals surface area contributed by atoms with Gasteiger partial charge in [0.15, 0.2) is 0 Å². The molecule has 0 saturated heterocycles. The average molecular weight is 290 g/mol. The second-order valence-electron chi connectivity index (χ2n) is 5.44. The summed E-state index contributed by atoms with van der Waals surface area (Å²) in [4.78, 5) is 7.24. The van der Waals surface area contributed by atoms with Gasteiger partial charge in [0.25, 0.3) is 0 Å². The zero-order chi connectivity index (χ0) is 14.9. The van der Waals surface area contributed by atoms with Crippen LogP contribution in [0.25, 0.3) is 27.7 Å². The predicted octanol–water partition coefficient (Wildman–Crippen LogP) is 5.10. The van der Waals surface area contributed by atoms with E-state index in [0.29, 0.717) is 5.65 Å². The van der Waals surface area contributed by atoms with E-state index >= 15 is 0 Å². The van der Waals surface area contributed by atoms with Gasteiger partial charge in [-0.2, -0.15) is 0 Å². The number of hydrogen-bond acceptors (Lipinski definition) is 1. The third kappa shape index (κ3) is 2.15. The number of aromatic amines is 1. The number of hydrogen-bond donors (Lipinski definition) is 1. The third-order valence-electron chi connectivity index (χ3n) is 4.02. The molecular weight excluding hydrogens is 275 g/mol. The Bertz CT molecular complexity index is 903. The molecule has 0 unspecified atom stereocenters. The molecule has 2 nitrogen and oxygen atoms in total. The maximum absolute atomic E-state index is 13.6. The van der Waals surface area contributed by atoms with Crippen LogP contribution in [0.1, 0.15) is 18.4 Å². The minimum absolute atomic E-state index is 0.317. The molecule has 2 aromatic heterocycles. The van der Waals surface area contributed by atoms with E-state index in [9.17, 15) is 4.39 Å². The van der Waals surface area contributed by atoms with Crippen molar-refractivity contribution in [2.45, 2.75) is 12.8 Å². The van der Waals surface area contributed by atoms with Gasteiger partial charge in [0.1, 0.15) is 11.5 Å². The Kier molecular flexibility index (Phi) is 3.11. The molecule has 0 amide bonds. The average Bonchev–Trinajstić information content (AvgIpc) is 2.98. The van der Waals surface area contributed by atoms with E-state index in [-0.39, 0.29) is 5.82 Å². The van der Waals surface area contributed by atoms with Gasteiger partial charge in [-0.05, 0) is 35.6 Å². The van der Waals surface area contributed by atoms with Gasteiger partial charge >= 0.3 is 0 Å². The fourth-order valence-corrected chi connectivity index (χ4v) is 2.98. The summed E-state index contributed by atoms with van der Waals surface area (Å²) in [5, 5.41) is 0.813. The molecule has 22 heavy (non-hydrogen) atoms. The van der Waals surface area contributed by atoms with Crippen molar-refractivity contribution >= 4 is 16.6 Å². The molecule has 4 rings (SSSR count). The first kappa shape index (κ1) is 13.0. The Morgan fingerprint density at radius 1 is 1.05 bits per heavy atom. The quantitative estimate of drug-likeness (QED) is 0.698. The highest BCUT2D eigenvalue weighted by Gasteiger charge is 2.13. The Hall–Kier alpha value is -2.68. The molecular formula is C19H15FN2. The molecule has 1 aliphatic carbocycles. The van der Waals surface area contributed by atoms with Crippen LogP contribution in [0.2, 0.25) is 0 Å². The van der Waals surface area contributed by atoms with Crippen LogP contribution in [0.5, 0.6) is 0 Å². The maximum Gasteiger partial charge on any atom is 0.142 e. The van der Waals surface area contributed by atoms with E-state index < -0.39 is 0 Å². The van der Waals surface area contributed by atoms with Crippen molar-refractivity contribution in [3.05, 3.63) is 72.3 Å². The van der Waals surface area contributed by atoms with Crippen LogP contribution in [0.4, 0.5) is 4.39 Å². The molecule has 2 heterocycles. The van der Waals surface area contributed by atoms with Gasteiger partial charge in [0.2, 0.25) is 0 Å². The SMILES string of the molecule is Fc1cnc2[nH]cc(-c3ccccc3C3=CCCC=C3)c2c1. The zero-order valence-electron chi connectivity index (χ0n) is 12.0. The summed E-state index contributed by atoms with van der Waals surface area (Å²) in [5.74, 6) is -0.317. The van der Waals surface area contributed by atoms with Gasteiger partial charge in [0, 0.05) is 17.1 Å². The van der Waals surface area contributed by atoms with E-state index in [1.54, 1.807) is 0 Å². The number of fused-ring (bicyclic) bond motifs is 1. The highest BCUT2D eigenvalue weighted by molar-refractivity contribution is 5.98. The maximum atomic E-state index is 13.6. The lowest BCUT2D eigenvalue weighted by Crippen LogP contribution is -1.90. The molecule has 0 saturated carbocycles. The molecule has 108 valence electrons. The van der Waals surface area contributed by atoms with Crippen molar-refractivity contribution in [2.75, 3.05) is 0 Å². The molecule has 0 aliphatic heterocycles. The summed E-state index contributed by atoms with van der Waals surface area (Å²) in [7, 11) is 0. The number of halogens is 1. The monoisotopic (exact) mass is 290 g/mol. The largest absolute Gasteiger partial charge is 0.346 e. The number of aromatic nitrogens is 2. The fraction of sp³-hybridized carbons (Fsp3) is 0.105. The van der Waals surface area contributed by atoms with Crippen LogP contribution in [0.3, 0.4) is 0 Å². The summed E-state index contributed by atoms with van der Waals surface area (Å²) in [5.41, 5.74) is 5.18. The van der Waals surface area contributed by atoms with Crippen molar-refractivity contribution in [3.63, 3.8) is 0 Å². The lowest BCUT2D eigenvalue weighted by Gasteiger charge is -2.12. The van der Waals surface area contributed by atoms with E-state index in [0.717, 1.165) is 29.4 Å². The van der Waals surface area contributed by atoms with Crippen molar-refractivity contribution < 1.29 is 4.39 Å². The number of H-pyrrole nitrogens is 1. The Labute approximate surface area is 128 Å². The first-order valence-corrected chi connectivity index (χ1v) is 7.42. The van der Waals surface area contributed by atoms with Crippen LogP contribution in [-0.2, 0) is 0 Å². The third-order valence-corrected chi connectivity index (χ3v) is 4.02. The van der Waals surface area contributed by atoms with Crippen molar-refractivity contribution in [1.82, 2.24) is 9.97 Å². The summed E-state index contributed by atoms with van der Waals surface area (Å²) >= 11 is 0. The van der Waals surface area contributed by atoms with Crippen LogP contribution in [0.15, 0.2) is 61.0 Å². The van der Waals surface area contributed by atoms with Gasteiger partial charge in [-0.3, -0.25) is 0 Å². The van der Waals surface area contributed by atoms with Crippen LogP contribution >= 0.6 is 0 Å². The van der Waals surface area contributed by atoms with Crippen LogP contribution in [-0.4, -0.2) is 9.97 Å². The molecule has 1 N–H and O–H groups in total. The van der Waals surface area contributed by atoms with Crippen molar-refractivity contribution in [3.8, 4) is 11.1 Å². The van der Waals surface area contributed by atoms with E-state index in [1.165, 1.54) is 23.4 Å². The lowest BCUT2D eigenvalue weighted by atomic mass is 9.92. The number of allylic oxidation sites excluding steroid dienone is 4. The summed E-state index contributed by atoms with van der Waals surface area (Å²) in [6.45, 7) is 0. The topological polar surface area (TPSA) is 28.7 Å². The van der Waals surface area contributed by atoms with Crippen LogP contribution in [0, 0.1) is 5.82 Å². The molecule has 1 aliphatic rings. The number of nitrogens with one attached hydrogen (secondary N) is 1. The Morgan fingerprint density at radius 2 is 1.91 bits per heavy atom. The van der Waals surface area contributed by atoms with Crippen molar-refractivity contribution in [2.24, 2.45) is 0 Å². The normalized spacial score (nSPS) is 14.3. The smallest absolute Gasteiger partial charge is 0.142 e. The highest BCUT2D eigenvalue weighted by Crippen LogP contribution is 2.35. The Balaban J connectivity index is 1.94. The minimum Gasteiger partial charge on any atom is -0.346 e. The van der Waals surface area contributed by atoms with E-state index in [2.05, 4.69) is 40.3 Å². The predicted molar refractivity (Wildman–Crippen MR) is 87.8 cm³/mol. The molecule has 0 atom stereocenters. The molecule has 0 spiro atoms. The standard InChI is InChI=1S/C19H15FN2/c20-14-10-17-18(12-22-19(17)21-11-14)16-9-5-4-8-15(16)13-6-2-1-3-7-13/h2,4-12H,1,3H2,(H,21,22). The molecule has 1 aromatic carbocycles. The second kappa shape index (κ2) is 5.26.